The Morgan fingerprint density at radius 3 is 2.83 bits per heavy atom. The third kappa shape index (κ3) is 2.42. The molecule has 0 radical (unpaired) electrons. The summed E-state index contributed by atoms with van der Waals surface area (Å²) in [4.78, 5) is 10.4. The Balaban J connectivity index is 2.41. The SMILES string of the molecule is N#Cc1cscc1Nc1ccc(Cl)cc1[N+](=O)[O-]. The lowest BCUT2D eigenvalue weighted by molar-refractivity contribution is -0.383. The van der Waals surface area contributed by atoms with Gasteiger partial charge in [-0.3, -0.25) is 10.1 Å². The van der Waals surface area contributed by atoms with Crippen LogP contribution in [0.25, 0.3) is 0 Å². The Morgan fingerprint density at radius 1 is 1.39 bits per heavy atom. The van der Waals surface area contributed by atoms with Gasteiger partial charge in [0.25, 0.3) is 5.69 Å². The highest BCUT2D eigenvalue weighted by molar-refractivity contribution is 7.08. The normalized spacial score (nSPS) is 9.78. The minimum absolute atomic E-state index is 0.127. The second-order valence-corrected chi connectivity index (χ2v) is 4.53. The van der Waals surface area contributed by atoms with Gasteiger partial charge in [0.05, 0.1) is 16.2 Å². The summed E-state index contributed by atoms with van der Waals surface area (Å²) in [5, 5.41) is 26.3. The Morgan fingerprint density at radius 2 is 2.17 bits per heavy atom. The second kappa shape index (κ2) is 5.04. The maximum Gasteiger partial charge on any atom is 0.294 e. The molecule has 7 heteroatoms. The van der Waals surface area contributed by atoms with Crippen molar-refractivity contribution >= 4 is 40.0 Å². The van der Waals surface area contributed by atoms with Crippen LogP contribution in [0.15, 0.2) is 29.0 Å². The first-order valence-electron chi connectivity index (χ1n) is 4.79. The molecular formula is C11H6ClN3O2S. The van der Waals surface area contributed by atoms with Gasteiger partial charge in [-0.25, -0.2) is 0 Å². The smallest absolute Gasteiger partial charge is 0.294 e. The van der Waals surface area contributed by atoms with E-state index in [4.69, 9.17) is 16.9 Å². The van der Waals surface area contributed by atoms with E-state index in [1.54, 1.807) is 16.8 Å². The van der Waals surface area contributed by atoms with Crippen molar-refractivity contribution in [2.45, 2.75) is 0 Å². The first kappa shape index (κ1) is 12.4. The van der Waals surface area contributed by atoms with Crippen molar-refractivity contribution in [1.82, 2.24) is 0 Å². The van der Waals surface area contributed by atoms with Crippen LogP contribution >= 0.6 is 22.9 Å². The first-order chi connectivity index (χ1) is 8.61. The van der Waals surface area contributed by atoms with Crippen molar-refractivity contribution < 1.29 is 4.92 Å². The van der Waals surface area contributed by atoms with E-state index in [9.17, 15) is 10.1 Å². The van der Waals surface area contributed by atoms with Crippen molar-refractivity contribution in [3.8, 4) is 6.07 Å². The number of nitro benzene ring substituents is 1. The van der Waals surface area contributed by atoms with Crippen molar-refractivity contribution in [1.29, 1.82) is 5.26 Å². The number of nitro groups is 1. The minimum atomic E-state index is -0.521. The van der Waals surface area contributed by atoms with E-state index in [0.717, 1.165) is 0 Å². The summed E-state index contributed by atoms with van der Waals surface area (Å²) in [6, 6.07) is 6.34. The Bertz CT molecular complexity index is 648. The molecule has 0 bridgehead atoms. The molecule has 0 aliphatic rings. The van der Waals surface area contributed by atoms with E-state index in [0.29, 0.717) is 16.9 Å². The van der Waals surface area contributed by atoms with Crippen LogP contribution in [0.5, 0.6) is 0 Å². The third-order valence-corrected chi connectivity index (χ3v) is 3.19. The molecule has 0 amide bonds. The van der Waals surface area contributed by atoms with Crippen molar-refractivity contribution in [3.63, 3.8) is 0 Å². The third-order valence-electron chi connectivity index (χ3n) is 2.21. The molecule has 0 aliphatic heterocycles. The van der Waals surface area contributed by atoms with Gasteiger partial charge in [0.2, 0.25) is 0 Å². The zero-order valence-electron chi connectivity index (χ0n) is 8.88. The topological polar surface area (TPSA) is 79.0 Å². The molecular weight excluding hydrogens is 274 g/mol. The molecule has 0 saturated heterocycles. The van der Waals surface area contributed by atoms with Crippen LogP contribution in [0.3, 0.4) is 0 Å². The van der Waals surface area contributed by atoms with Gasteiger partial charge in [0.1, 0.15) is 11.8 Å². The number of nitrogens with zero attached hydrogens (tertiary/aromatic N) is 2. The molecule has 0 fully saturated rings. The predicted molar refractivity (Wildman–Crippen MR) is 70.4 cm³/mol. The second-order valence-electron chi connectivity index (χ2n) is 3.35. The monoisotopic (exact) mass is 279 g/mol. The molecule has 1 aromatic heterocycles. The van der Waals surface area contributed by atoms with Gasteiger partial charge in [0.15, 0.2) is 0 Å². The number of thiophene rings is 1. The fraction of sp³-hybridized carbons (Fsp3) is 0. The molecule has 90 valence electrons. The van der Waals surface area contributed by atoms with E-state index in [1.165, 1.54) is 23.5 Å². The average molecular weight is 280 g/mol. The molecule has 2 rings (SSSR count). The number of hydrogen-bond acceptors (Lipinski definition) is 5. The average Bonchev–Trinajstić information content (AvgIpc) is 2.78. The summed E-state index contributed by atoms with van der Waals surface area (Å²) in [6.07, 6.45) is 0. The molecule has 0 spiro atoms. The summed E-state index contributed by atoms with van der Waals surface area (Å²) in [6.45, 7) is 0. The number of nitrogens with one attached hydrogen (secondary N) is 1. The number of anilines is 2. The van der Waals surface area contributed by atoms with Crippen LogP contribution < -0.4 is 5.32 Å². The molecule has 1 N–H and O–H groups in total. The standard InChI is InChI=1S/C11H6ClN3O2S/c12-8-1-2-9(11(3-8)15(16)17)14-10-6-18-5-7(10)4-13/h1-3,5-6,14H. The fourth-order valence-corrected chi connectivity index (χ4v) is 2.26. The summed E-state index contributed by atoms with van der Waals surface area (Å²) < 4.78 is 0. The van der Waals surface area contributed by atoms with Gasteiger partial charge in [-0.05, 0) is 12.1 Å². The quantitative estimate of drug-likeness (QED) is 0.682. The lowest BCUT2D eigenvalue weighted by Gasteiger charge is -2.05. The Kier molecular flexibility index (Phi) is 3.46. The van der Waals surface area contributed by atoms with Crippen molar-refractivity contribution in [3.05, 3.63) is 49.7 Å². The molecule has 0 saturated carbocycles. The van der Waals surface area contributed by atoms with Crippen LogP contribution in [0.1, 0.15) is 5.56 Å². The van der Waals surface area contributed by atoms with Crippen LogP contribution in [0.4, 0.5) is 17.1 Å². The van der Waals surface area contributed by atoms with Gasteiger partial charge < -0.3 is 5.32 Å². The summed E-state index contributed by atoms with van der Waals surface area (Å²) in [5.41, 5.74) is 1.18. The molecule has 0 unspecified atom stereocenters. The predicted octanol–water partition coefficient (Wildman–Crippen LogP) is 3.92. The number of benzene rings is 1. The van der Waals surface area contributed by atoms with E-state index in [-0.39, 0.29) is 10.7 Å². The van der Waals surface area contributed by atoms with Gasteiger partial charge in [-0.2, -0.15) is 5.26 Å². The van der Waals surface area contributed by atoms with Gasteiger partial charge in [0, 0.05) is 21.8 Å². The van der Waals surface area contributed by atoms with E-state index in [1.807, 2.05) is 6.07 Å². The molecule has 2 aromatic rings. The van der Waals surface area contributed by atoms with Crippen LogP contribution in [-0.4, -0.2) is 4.92 Å². The molecule has 1 heterocycles. The van der Waals surface area contributed by atoms with E-state index in [2.05, 4.69) is 5.32 Å². The first-order valence-corrected chi connectivity index (χ1v) is 6.11. The zero-order valence-corrected chi connectivity index (χ0v) is 10.5. The van der Waals surface area contributed by atoms with E-state index < -0.39 is 4.92 Å². The molecule has 1 aromatic carbocycles. The fourth-order valence-electron chi connectivity index (χ4n) is 1.39. The summed E-state index contributed by atoms with van der Waals surface area (Å²) >= 11 is 7.07. The number of halogens is 1. The summed E-state index contributed by atoms with van der Waals surface area (Å²) in [7, 11) is 0. The lowest BCUT2D eigenvalue weighted by atomic mass is 10.2. The molecule has 0 atom stereocenters. The van der Waals surface area contributed by atoms with Gasteiger partial charge in [-0.1, -0.05) is 11.6 Å². The minimum Gasteiger partial charge on any atom is -0.348 e. The number of nitriles is 1. The van der Waals surface area contributed by atoms with Crippen LogP contribution in [-0.2, 0) is 0 Å². The zero-order chi connectivity index (χ0) is 13.1. The van der Waals surface area contributed by atoms with Crippen molar-refractivity contribution in [2.75, 3.05) is 5.32 Å². The maximum absolute atomic E-state index is 10.9. The highest BCUT2D eigenvalue weighted by Gasteiger charge is 2.15. The van der Waals surface area contributed by atoms with Crippen molar-refractivity contribution in [2.24, 2.45) is 0 Å². The number of rotatable bonds is 3. The Hall–Kier alpha value is -2.10. The molecule has 0 aliphatic carbocycles. The largest absolute Gasteiger partial charge is 0.348 e. The van der Waals surface area contributed by atoms with E-state index >= 15 is 0 Å². The highest BCUT2D eigenvalue weighted by Crippen LogP contribution is 2.32. The van der Waals surface area contributed by atoms with Crippen LogP contribution in [0.2, 0.25) is 5.02 Å². The molecule has 5 nitrogen and oxygen atoms in total. The summed E-state index contributed by atoms with van der Waals surface area (Å²) in [5.74, 6) is 0. The maximum atomic E-state index is 10.9. The highest BCUT2D eigenvalue weighted by atomic mass is 35.5. The van der Waals surface area contributed by atoms with Gasteiger partial charge >= 0.3 is 0 Å². The van der Waals surface area contributed by atoms with Gasteiger partial charge in [-0.15, -0.1) is 11.3 Å². The Labute approximate surface area is 111 Å². The lowest BCUT2D eigenvalue weighted by Crippen LogP contribution is -1.97. The number of hydrogen-bond donors (Lipinski definition) is 1. The molecule has 18 heavy (non-hydrogen) atoms. The van der Waals surface area contributed by atoms with Crippen LogP contribution in [0, 0.1) is 21.4 Å².